The SMILES string of the molecule is C[C@H](OC(=O)c1ccccc1I)C1CCC2C3CC=C4CC(O)CCC4(C)C3CCC21C. The van der Waals surface area contributed by atoms with E-state index in [-0.39, 0.29) is 29.0 Å². The summed E-state index contributed by atoms with van der Waals surface area (Å²) in [7, 11) is 0. The summed E-state index contributed by atoms with van der Waals surface area (Å²) in [6.45, 7) is 7.11. The molecule has 3 nitrogen and oxygen atoms in total. The molecule has 4 heteroatoms. The van der Waals surface area contributed by atoms with Crippen molar-refractivity contribution >= 4 is 28.6 Å². The van der Waals surface area contributed by atoms with Gasteiger partial charge in [0.25, 0.3) is 0 Å². The van der Waals surface area contributed by atoms with Crippen LogP contribution in [0.25, 0.3) is 0 Å². The summed E-state index contributed by atoms with van der Waals surface area (Å²) in [5.74, 6) is 2.45. The van der Waals surface area contributed by atoms with Crippen molar-refractivity contribution in [3.63, 3.8) is 0 Å². The summed E-state index contributed by atoms with van der Waals surface area (Å²) in [5.41, 5.74) is 2.75. The molecule has 0 heterocycles. The van der Waals surface area contributed by atoms with Crippen LogP contribution in [0.3, 0.4) is 0 Å². The van der Waals surface area contributed by atoms with Crippen molar-refractivity contribution in [2.45, 2.75) is 84.3 Å². The summed E-state index contributed by atoms with van der Waals surface area (Å²) in [5, 5.41) is 10.2. The van der Waals surface area contributed by atoms with Crippen LogP contribution in [0.5, 0.6) is 0 Å². The number of hydrogen-bond donors (Lipinski definition) is 1. The van der Waals surface area contributed by atoms with Gasteiger partial charge in [-0.1, -0.05) is 37.6 Å². The average Bonchev–Trinajstić information content (AvgIpc) is 3.12. The highest BCUT2D eigenvalue weighted by atomic mass is 127. The minimum Gasteiger partial charge on any atom is -0.459 e. The first-order chi connectivity index (χ1) is 15.2. The summed E-state index contributed by atoms with van der Waals surface area (Å²) < 4.78 is 7.04. The first-order valence-corrected chi connectivity index (χ1v) is 13.6. The summed E-state index contributed by atoms with van der Waals surface area (Å²) in [4.78, 5) is 12.9. The average molecular weight is 549 g/mol. The van der Waals surface area contributed by atoms with E-state index >= 15 is 0 Å². The van der Waals surface area contributed by atoms with Gasteiger partial charge in [0.05, 0.1) is 11.7 Å². The van der Waals surface area contributed by atoms with Crippen LogP contribution in [0.15, 0.2) is 35.9 Å². The lowest BCUT2D eigenvalue weighted by Crippen LogP contribution is -2.51. The fourth-order valence-corrected chi connectivity index (χ4v) is 9.00. The number of esters is 1. The number of rotatable bonds is 3. The Labute approximate surface area is 206 Å². The highest BCUT2D eigenvalue weighted by Gasteiger charge is 2.59. The van der Waals surface area contributed by atoms with E-state index in [4.69, 9.17) is 4.74 Å². The highest BCUT2D eigenvalue weighted by Crippen LogP contribution is 2.66. The fraction of sp³-hybridized carbons (Fsp3) is 0.679. The van der Waals surface area contributed by atoms with E-state index in [1.807, 2.05) is 24.3 Å². The summed E-state index contributed by atoms with van der Waals surface area (Å²) in [6, 6.07) is 7.70. The molecular weight excluding hydrogens is 511 g/mol. The second-order valence-corrected chi connectivity index (χ2v) is 12.6. The maximum absolute atomic E-state index is 12.9. The van der Waals surface area contributed by atoms with E-state index in [0.29, 0.717) is 17.4 Å². The minimum absolute atomic E-state index is 0.0554. The topological polar surface area (TPSA) is 46.5 Å². The van der Waals surface area contributed by atoms with Crippen LogP contribution in [0.4, 0.5) is 0 Å². The number of halogens is 1. The number of carbonyl (C=O) groups excluding carboxylic acids is 1. The molecule has 1 aromatic carbocycles. The molecule has 32 heavy (non-hydrogen) atoms. The third-order valence-electron chi connectivity index (χ3n) is 10.1. The van der Waals surface area contributed by atoms with Gasteiger partial charge in [0.1, 0.15) is 6.10 Å². The second-order valence-electron chi connectivity index (χ2n) is 11.5. The molecule has 0 radical (unpaired) electrons. The third-order valence-corrected chi connectivity index (χ3v) is 11.0. The quantitative estimate of drug-likeness (QED) is 0.258. The van der Waals surface area contributed by atoms with Gasteiger partial charge in [0, 0.05) is 9.49 Å². The Balaban J connectivity index is 1.34. The van der Waals surface area contributed by atoms with Gasteiger partial charge < -0.3 is 9.84 Å². The molecule has 1 N–H and O–H groups in total. The zero-order chi connectivity index (χ0) is 22.7. The van der Waals surface area contributed by atoms with Crippen molar-refractivity contribution in [1.29, 1.82) is 0 Å². The lowest BCUT2D eigenvalue weighted by atomic mass is 9.47. The number of benzene rings is 1. The molecular formula is C28H37IO3. The van der Waals surface area contributed by atoms with Crippen molar-refractivity contribution in [1.82, 2.24) is 0 Å². The van der Waals surface area contributed by atoms with E-state index in [9.17, 15) is 9.90 Å². The van der Waals surface area contributed by atoms with Gasteiger partial charge in [-0.2, -0.15) is 0 Å². The Kier molecular flexibility index (Phi) is 6.01. The number of fused-ring (bicyclic) bond motifs is 5. The molecule has 0 aromatic heterocycles. The normalized spacial score (nSPS) is 41.7. The smallest absolute Gasteiger partial charge is 0.339 e. The van der Waals surface area contributed by atoms with E-state index in [1.54, 1.807) is 0 Å². The van der Waals surface area contributed by atoms with E-state index in [0.717, 1.165) is 41.1 Å². The molecule has 7 unspecified atom stereocenters. The molecule has 0 aliphatic heterocycles. The van der Waals surface area contributed by atoms with E-state index in [1.165, 1.54) is 31.3 Å². The van der Waals surface area contributed by atoms with Gasteiger partial charge >= 0.3 is 5.97 Å². The van der Waals surface area contributed by atoms with Crippen LogP contribution >= 0.6 is 22.6 Å². The monoisotopic (exact) mass is 548 g/mol. The Morgan fingerprint density at radius 3 is 2.69 bits per heavy atom. The third kappa shape index (κ3) is 3.59. The minimum atomic E-state index is -0.179. The molecule has 5 rings (SSSR count). The molecule has 0 amide bonds. The number of aliphatic hydroxyl groups excluding tert-OH is 1. The van der Waals surface area contributed by atoms with Gasteiger partial charge in [0.2, 0.25) is 0 Å². The summed E-state index contributed by atoms with van der Waals surface area (Å²) >= 11 is 2.22. The van der Waals surface area contributed by atoms with Crippen LogP contribution < -0.4 is 0 Å². The van der Waals surface area contributed by atoms with E-state index in [2.05, 4.69) is 49.4 Å². The van der Waals surface area contributed by atoms with Crippen molar-refractivity contribution in [2.24, 2.45) is 34.5 Å². The lowest BCUT2D eigenvalue weighted by Gasteiger charge is -2.58. The van der Waals surface area contributed by atoms with Crippen LogP contribution in [0, 0.1) is 38.1 Å². The van der Waals surface area contributed by atoms with Crippen LogP contribution in [-0.2, 0) is 4.74 Å². The Bertz CT molecular complexity index is 925. The van der Waals surface area contributed by atoms with Crippen molar-refractivity contribution in [3.05, 3.63) is 45.0 Å². The van der Waals surface area contributed by atoms with Crippen LogP contribution in [-0.4, -0.2) is 23.3 Å². The predicted molar refractivity (Wildman–Crippen MR) is 135 cm³/mol. The second kappa shape index (κ2) is 8.41. The first kappa shape index (κ1) is 22.9. The maximum atomic E-state index is 12.9. The Hall–Kier alpha value is -0.880. The fourth-order valence-electron chi connectivity index (χ4n) is 8.39. The van der Waals surface area contributed by atoms with Gasteiger partial charge in [0.15, 0.2) is 0 Å². The summed E-state index contributed by atoms with van der Waals surface area (Å²) in [6.07, 6.45) is 11.4. The molecule has 0 spiro atoms. The number of ether oxygens (including phenoxy) is 1. The van der Waals surface area contributed by atoms with E-state index < -0.39 is 0 Å². The largest absolute Gasteiger partial charge is 0.459 e. The van der Waals surface area contributed by atoms with Gasteiger partial charge in [-0.25, -0.2) is 4.79 Å². The molecule has 0 bridgehead atoms. The Morgan fingerprint density at radius 1 is 1.12 bits per heavy atom. The number of aliphatic hydroxyl groups is 1. The van der Waals surface area contributed by atoms with Crippen LogP contribution in [0.1, 0.15) is 82.5 Å². The molecule has 3 fully saturated rings. The zero-order valence-corrected chi connectivity index (χ0v) is 21.8. The first-order valence-electron chi connectivity index (χ1n) is 12.6. The van der Waals surface area contributed by atoms with Crippen LogP contribution in [0.2, 0.25) is 0 Å². The van der Waals surface area contributed by atoms with Crippen molar-refractivity contribution in [2.75, 3.05) is 0 Å². The molecule has 1 aromatic rings. The van der Waals surface area contributed by atoms with Crippen molar-refractivity contribution < 1.29 is 14.6 Å². The molecule has 0 saturated heterocycles. The standard InChI is InChI=1S/C28H37IO3/c1-17(32-26(31)21-6-4-5-7-25(21)29)22-10-11-23-20-9-8-18-16-19(30)12-14-27(18,2)24(20)13-15-28(22,23)3/h4-8,17,19-20,22-24,30H,9-16H2,1-3H3/t17-,19?,20?,22?,23?,24?,27?,28?/m0/s1. The van der Waals surface area contributed by atoms with Gasteiger partial charge in [-0.15, -0.1) is 0 Å². The number of hydrogen-bond acceptors (Lipinski definition) is 3. The van der Waals surface area contributed by atoms with Gasteiger partial charge in [-0.05, 0) is 122 Å². The van der Waals surface area contributed by atoms with Crippen molar-refractivity contribution in [3.8, 4) is 0 Å². The molecule has 174 valence electrons. The molecule has 4 aliphatic rings. The highest BCUT2D eigenvalue weighted by molar-refractivity contribution is 14.1. The number of carbonyl (C=O) groups is 1. The van der Waals surface area contributed by atoms with Gasteiger partial charge in [-0.3, -0.25) is 0 Å². The molecule has 8 atom stereocenters. The maximum Gasteiger partial charge on any atom is 0.339 e. The predicted octanol–water partition coefficient (Wildman–Crippen LogP) is 6.78. The zero-order valence-electron chi connectivity index (χ0n) is 19.6. The Morgan fingerprint density at radius 2 is 1.91 bits per heavy atom. The molecule has 3 saturated carbocycles. The lowest BCUT2D eigenvalue weighted by molar-refractivity contribution is -0.0715. The molecule has 4 aliphatic carbocycles. The number of allylic oxidation sites excluding steroid dienone is 1.